The van der Waals surface area contributed by atoms with Gasteiger partial charge in [-0.15, -0.1) is 13.2 Å². The van der Waals surface area contributed by atoms with Crippen molar-refractivity contribution in [2.24, 2.45) is 11.8 Å². The number of carbonyl (C=O) groups is 4. The van der Waals surface area contributed by atoms with Gasteiger partial charge in [0.25, 0.3) is 5.91 Å². The number of aliphatic hydroxyl groups is 1. The Morgan fingerprint density at radius 2 is 1.74 bits per heavy atom. The number of nitrogens with zero attached hydrogens (tertiary/aromatic N) is 2. The van der Waals surface area contributed by atoms with E-state index in [2.05, 4.69) is 34.4 Å². The molecule has 3 heterocycles. The first-order chi connectivity index (χ1) is 26.0. The number of hydrogen-bond donors (Lipinski definition) is 2. The summed E-state index contributed by atoms with van der Waals surface area (Å²) in [5.41, 5.74) is 0.628. The molecule has 54 heavy (non-hydrogen) atoms. The van der Waals surface area contributed by atoms with Crippen LogP contribution in [-0.2, 0) is 35.1 Å². The van der Waals surface area contributed by atoms with Crippen LogP contribution in [0.2, 0.25) is 5.02 Å². The van der Waals surface area contributed by atoms with Gasteiger partial charge < -0.3 is 29.7 Å². The maximum absolute atomic E-state index is 15.1. The van der Waals surface area contributed by atoms with E-state index in [1.54, 1.807) is 43.3 Å². The molecule has 0 saturated carbocycles. The number of alkyl halides is 1. The topological polar surface area (TPSA) is 125 Å². The van der Waals surface area contributed by atoms with Crippen LogP contribution in [0.3, 0.4) is 0 Å². The van der Waals surface area contributed by atoms with Gasteiger partial charge in [-0.1, -0.05) is 100 Å². The normalized spacial score (nSPS) is 25.7. The minimum absolute atomic E-state index is 0.115. The van der Waals surface area contributed by atoms with Crippen LogP contribution in [0.25, 0.3) is 0 Å². The zero-order valence-corrected chi connectivity index (χ0v) is 32.4. The van der Waals surface area contributed by atoms with Gasteiger partial charge in [0.15, 0.2) is 0 Å². The summed E-state index contributed by atoms with van der Waals surface area (Å²) in [4.78, 5) is 60.1. The van der Waals surface area contributed by atoms with E-state index in [4.69, 9.17) is 21.1 Å². The van der Waals surface area contributed by atoms with Crippen molar-refractivity contribution in [1.29, 1.82) is 0 Å². The van der Waals surface area contributed by atoms with Crippen molar-refractivity contribution >= 4 is 56.9 Å². The number of aliphatic hydroxyl groups excluding tert-OH is 1. The van der Waals surface area contributed by atoms with E-state index in [0.29, 0.717) is 22.7 Å². The molecular formula is C42H45BrClN3O7. The Bertz CT molecular complexity index is 1850. The standard InChI is InChI=1S/C42H45BrClN3O7/c1-4-6-17-33(49)45-26(3)36(28-15-11-8-12-16-28)53-41(52)34-35-39(50)47(31(25-48)23-27-13-9-7-10-14-27)38(42(35)24-32(43)37(34)54-42)40(51)46(22-5-2)30-20-18-29(44)19-21-30/h4-5,7-16,18-21,26,31-32,34-38,48H,1-2,6,17,22-25H2,3H3,(H,45,49)/t26-,31-,32?,34-,35+,36-,37-,38-,42+/m1/s1. The van der Waals surface area contributed by atoms with Crippen molar-refractivity contribution in [2.45, 2.75) is 73.4 Å². The lowest BCUT2D eigenvalue weighted by Gasteiger charge is -2.39. The van der Waals surface area contributed by atoms with Crippen LogP contribution in [0.15, 0.2) is 110 Å². The Balaban J connectivity index is 1.40. The average molecular weight is 819 g/mol. The Morgan fingerprint density at radius 3 is 2.37 bits per heavy atom. The molecule has 3 saturated heterocycles. The molecule has 10 nitrogen and oxygen atoms in total. The third kappa shape index (κ3) is 7.64. The Hall–Kier alpha value is -4.29. The third-order valence-corrected chi connectivity index (χ3v) is 11.8. The highest BCUT2D eigenvalue weighted by Crippen LogP contribution is 2.61. The second-order valence-corrected chi connectivity index (χ2v) is 15.7. The van der Waals surface area contributed by atoms with Crippen molar-refractivity contribution < 1.29 is 33.8 Å². The van der Waals surface area contributed by atoms with Gasteiger partial charge in [-0.25, -0.2) is 0 Å². The molecule has 1 unspecified atom stereocenters. The number of fused-ring (bicyclic) bond motifs is 1. The summed E-state index contributed by atoms with van der Waals surface area (Å²) in [6, 6.07) is 22.7. The molecule has 0 aliphatic carbocycles. The summed E-state index contributed by atoms with van der Waals surface area (Å²) >= 11 is 9.95. The summed E-state index contributed by atoms with van der Waals surface area (Å²) < 4.78 is 13.1. The number of ether oxygens (including phenoxy) is 2. The number of amides is 3. The van der Waals surface area contributed by atoms with E-state index < -0.39 is 77.0 Å². The molecule has 1 spiro atoms. The van der Waals surface area contributed by atoms with Crippen LogP contribution in [0.5, 0.6) is 0 Å². The average Bonchev–Trinajstić information content (AvgIpc) is 3.78. The van der Waals surface area contributed by atoms with Crippen LogP contribution >= 0.6 is 27.5 Å². The summed E-state index contributed by atoms with van der Waals surface area (Å²) in [7, 11) is 0. The molecule has 0 radical (unpaired) electrons. The van der Waals surface area contributed by atoms with Crippen molar-refractivity contribution in [2.75, 3.05) is 18.1 Å². The quantitative estimate of drug-likeness (QED) is 0.104. The van der Waals surface area contributed by atoms with E-state index in [-0.39, 0.29) is 31.7 Å². The van der Waals surface area contributed by atoms with E-state index in [9.17, 15) is 14.7 Å². The second-order valence-electron chi connectivity index (χ2n) is 14.1. The summed E-state index contributed by atoms with van der Waals surface area (Å²) in [6.45, 7) is 9.01. The van der Waals surface area contributed by atoms with Crippen molar-refractivity contribution in [1.82, 2.24) is 10.2 Å². The lowest BCUT2D eigenvalue weighted by Crippen LogP contribution is -2.59. The van der Waals surface area contributed by atoms with Gasteiger partial charge in [0.2, 0.25) is 11.8 Å². The number of benzene rings is 3. The Morgan fingerprint density at radius 1 is 1.07 bits per heavy atom. The molecule has 3 aliphatic heterocycles. The molecule has 12 heteroatoms. The molecule has 6 rings (SSSR count). The summed E-state index contributed by atoms with van der Waals surface area (Å²) in [5, 5.41) is 14.4. The molecule has 2 N–H and O–H groups in total. The number of esters is 1. The van der Waals surface area contributed by atoms with Gasteiger partial charge in [-0.3, -0.25) is 19.2 Å². The molecule has 9 atom stereocenters. The smallest absolute Gasteiger partial charge is 0.313 e. The largest absolute Gasteiger partial charge is 0.455 e. The fourth-order valence-electron chi connectivity index (χ4n) is 8.31. The first-order valence-electron chi connectivity index (χ1n) is 18.2. The second kappa shape index (κ2) is 17.0. The molecule has 0 aromatic heterocycles. The zero-order chi connectivity index (χ0) is 38.6. The maximum Gasteiger partial charge on any atom is 0.313 e. The van der Waals surface area contributed by atoms with Crippen LogP contribution in [-0.4, -0.2) is 81.5 Å². The fourth-order valence-corrected chi connectivity index (χ4v) is 9.38. The summed E-state index contributed by atoms with van der Waals surface area (Å²) in [5.74, 6) is -3.99. The van der Waals surface area contributed by atoms with E-state index in [0.717, 1.165) is 5.56 Å². The molecule has 284 valence electrons. The molecule has 3 aromatic rings. The number of rotatable bonds is 16. The monoisotopic (exact) mass is 817 g/mol. The first-order valence-corrected chi connectivity index (χ1v) is 19.5. The van der Waals surface area contributed by atoms with Crippen LogP contribution < -0.4 is 10.2 Å². The van der Waals surface area contributed by atoms with E-state index in [1.807, 2.05) is 60.7 Å². The molecule has 3 aliphatic rings. The number of nitrogens with one attached hydrogen (secondary N) is 1. The van der Waals surface area contributed by atoms with Crippen LogP contribution in [0.1, 0.15) is 43.4 Å². The highest BCUT2D eigenvalue weighted by molar-refractivity contribution is 9.09. The number of halogens is 2. The number of hydrogen-bond acceptors (Lipinski definition) is 7. The highest BCUT2D eigenvalue weighted by Gasteiger charge is 2.77. The Kier molecular flexibility index (Phi) is 12.4. The third-order valence-electron chi connectivity index (χ3n) is 10.7. The van der Waals surface area contributed by atoms with Gasteiger partial charge in [0.1, 0.15) is 17.7 Å². The minimum Gasteiger partial charge on any atom is -0.455 e. The molecular weight excluding hydrogens is 774 g/mol. The van der Waals surface area contributed by atoms with Crippen molar-refractivity contribution in [3.63, 3.8) is 0 Å². The van der Waals surface area contributed by atoms with Crippen molar-refractivity contribution in [3.05, 3.63) is 126 Å². The number of anilines is 1. The number of carbonyl (C=O) groups excluding carboxylic acids is 4. The SMILES string of the molecule is C=CCCC(=O)N[C@H](C)[C@@H](OC(=O)[C@H]1[C@@H]2O[C@@]3(CC2Br)[C@@H]1C(=O)N([C@@H](CO)Cc1ccccc1)[C@@H]3C(=O)N(CC=C)c1ccc(Cl)cc1)c1ccccc1. The fraction of sp³-hybridized carbons (Fsp3) is 0.381. The van der Waals surface area contributed by atoms with Gasteiger partial charge in [-0.05, 0) is 61.6 Å². The van der Waals surface area contributed by atoms with Gasteiger partial charge in [-0.2, -0.15) is 0 Å². The maximum atomic E-state index is 15.1. The predicted octanol–water partition coefficient (Wildman–Crippen LogP) is 5.97. The lowest BCUT2D eigenvalue weighted by molar-refractivity contribution is -0.162. The molecule has 3 aromatic carbocycles. The van der Waals surface area contributed by atoms with Gasteiger partial charge in [0, 0.05) is 28.5 Å². The lowest BCUT2D eigenvalue weighted by atomic mass is 9.70. The van der Waals surface area contributed by atoms with Gasteiger partial charge in [0.05, 0.1) is 36.6 Å². The van der Waals surface area contributed by atoms with E-state index in [1.165, 1.54) is 9.80 Å². The molecule has 3 fully saturated rings. The first kappa shape index (κ1) is 39.4. The molecule has 3 amide bonds. The van der Waals surface area contributed by atoms with Crippen molar-refractivity contribution in [3.8, 4) is 0 Å². The highest BCUT2D eigenvalue weighted by atomic mass is 79.9. The molecule has 2 bridgehead atoms. The van der Waals surface area contributed by atoms with Gasteiger partial charge >= 0.3 is 5.97 Å². The number of likely N-dealkylation sites (tertiary alicyclic amines) is 1. The minimum atomic E-state index is -1.43. The van der Waals surface area contributed by atoms with E-state index >= 15 is 9.59 Å². The van der Waals surface area contributed by atoms with Crippen LogP contribution in [0, 0.1) is 11.8 Å². The number of allylic oxidation sites excluding steroid dienone is 1. The zero-order valence-electron chi connectivity index (χ0n) is 30.1. The van der Waals surface area contributed by atoms with Crippen LogP contribution in [0.4, 0.5) is 5.69 Å². The summed E-state index contributed by atoms with van der Waals surface area (Å²) in [6.07, 6.45) is 2.81. The predicted molar refractivity (Wildman–Crippen MR) is 210 cm³/mol. The Labute approximate surface area is 329 Å².